The summed E-state index contributed by atoms with van der Waals surface area (Å²) in [5.74, 6) is -0.257. The van der Waals surface area contributed by atoms with Gasteiger partial charge in [-0.1, -0.05) is 48.5 Å². The first-order chi connectivity index (χ1) is 15.2. The maximum atomic E-state index is 12.5. The van der Waals surface area contributed by atoms with Gasteiger partial charge < -0.3 is 15.0 Å². The van der Waals surface area contributed by atoms with Gasteiger partial charge in [-0.05, 0) is 29.7 Å². The molecule has 0 radical (unpaired) electrons. The lowest BCUT2D eigenvalue weighted by molar-refractivity contribution is 0.0991. The van der Waals surface area contributed by atoms with Crippen LogP contribution in [0.1, 0.15) is 31.9 Å². The maximum Gasteiger partial charge on any atom is 0.410 e. The van der Waals surface area contributed by atoms with Crippen LogP contribution >= 0.6 is 11.3 Å². The molecule has 0 unspecified atom stereocenters. The first-order valence-electron chi connectivity index (χ1n) is 10.0. The zero-order valence-corrected chi connectivity index (χ0v) is 17.7. The Hall–Kier alpha value is -3.63. The molecule has 0 aliphatic carbocycles. The van der Waals surface area contributed by atoms with E-state index in [0.29, 0.717) is 48.7 Å². The molecule has 1 N–H and O–H groups in total. The predicted molar refractivity (Wildman–Crippen MR) is 119 cm³/mol. The highest BCUT2D eigenvalue weighted by atomic mass is 32.1. The fraction of sp³-hybridized carbons (Fsp3) is 0.208. The van der Waals surface area contributed by atoms with E-state index in [-0.39, 0.29) is 12.0 Å². The third-order valence-electron chi connectivity index (χ3n) is 5.15. The number of nitriles is 1. The smallest absolute Gasteiger partial charge is 0.410 e. The van der Waals surface area contributed by atoms with Gasteiger partial charge in [-0.3, -0.25) is 4.79 Å². The van der Waals surface area contributed by atoms with E-state index in [9.17, 15) is 14.9 Å². The first-order valence-corrected chi connectivity index (χ1v) is 10.8. The number of amides is 2. The van der Waals surface area contributed by atoms with Crippen molar-refractivity contribution in [2.45, 2.75) is 19.4 Å². The zero-order valence-electron chi connectivity index (χ0n) is 16.8. The minimum atomic E-state index is -0.358. The van der Waals surface area contributed by atoms with Gasteiger partial charge in [0, 0.05) is 23.4 Å². The first kappa shape index (κ1) is 20.6. The molecule has 1 aromatic heterocycles. The highest BCUT2D eigenvalue weighted by Gasteiger charge is 2.28. The number of fused-ring (bicyclic) bond motifs is 1. The van der Waals surface area contributed by atoms with Gasteiger partial charge >= 0.3 is 6.09 Å². The summed E-state index contributed by atoms with van der Waals surface area (Å²) in [6.07, 6.45) is 0.867. The van der Waals surface area contributed by atoms with Crippen molar-refractivity contribution in [2.75, 3.05) is 18.5 Å². The van der Waals surface area contributed by atoms with Crippen LogP contribution in [-0.2, 0) is 24.1 Å². The van der Waals surface area contributed by atoms with Crippen molar-refractivity contribution in [1.29, 1.82) is 5.26 Å². The lowest BCUT2D eigenvalue weighted by atomic mass is 10.0. The number of rotatable bonds is 5. The molecule has 7 heteroatoms. The Labute approximate surface area is 184 Å². The molecule has 156 valence electrons. The Balaban J connectivity index is 1.40. The third-order valence-corrected chi connectivity index (χ3v) is 6.28. The van der Waals surface area contributed by atoms with E-state index in [4.69, 9.17) is 4.74 Å². The number of hydrogen-bond donors (Lipinski definition) is 1. The fourth-order valence-electron chi connectivity index (χ4n) is 3.52. The molecular formula is C24H21N3O3S. The summed E-state index contributed by atoms with van der Waals surface area (Å²) in [5.41, 5.74) is 3.04. The van der Waals surface area contributed by atoms with Crippen LogP contribution < -0.4 is 5.32 Å². The molecule has 0 saturated carbocycles. The summed E-state index contributed by atoms with van der Waals surface area (Å²) >= 11 is 1.35. The summed E-state index contributed by atoms with van der Waals surface area (Å²) in [6, 6.07) is 21.0. The Kier molecular flexibility index (Phi) is 6.29. The van der Waals surface area contributed by atoms with Crippen molar-refractivity contribution in [3.63, 3.8) is 0 Å². The zero-order chi connectivity index (χ0) is 21.6. The lowest BCUT2D eigenvalue weighted by Gasteiger charge is -2.26. The van der Waals surface area contributed by atoms with Gasteiger partial charge in [0.1, 0.15) is 11.1 Å². The topological polar surface area (TPSA) is 82.4 Å². The van der Waals surface area contributed by atoms with Crippen LogP contribution in [0.25, 0.3) is 0 Å². The molecule has 3 aromatic rings. The van der Waals surface area contributed by atoms with Gasteiger partial charge in [-0.15, -0.1) is 11.3 Å². The van der Waals surface area contributed by atoms with Gasteiger partial charge in [-0.2, -0.15) is 5.26 Å². The van der Waals surface area contributed by atoms with Crippen LogP contribution in [0.3, 0.4) is 0 Å². The van der Waals surface area contributed by atoms with E-state index in [0.717, 1.165) is 16.0 Å². The number of carbonyl (C=O) groups is 2. The molecule has 0 fully saturated rings. The number of carbonyl (C=O) groups excluding carboxylic acids is 2. The highest BCUT2D eigenvalue weighted by Crippen LogP contribution is 2.37. The summed E-state index contributed by atoms with van der Waals surface area (Å²) in [6.45, 7) is 1.17. The van der Waals surface area contributed by atoms with E-state index in [1.54, 1.807) is 29.2 Å². The number of thiophene rings is 1. The molecule has 2 amide bonds. The number of nitrogens with one attached hydrogen (secondary N) is 1. The van der Waals surface area contributed by atoms with Crippen molar-refractivity contribution >= 4 is 28.3 Å². The summed E-state index contributed by atoms with van der Waals surface area (Å²) in [5, 5.41) is 13.0. The SMILES string of the molecule is N#Cc1c(NC(=O)c2ccccc2)sc2c1CCN(C(=O)OCCc1ccccc1)C2. The Bertz CT molecular complexity index is 1120. The van der Waals surface area contributed by atoms with Crippen molar-refractivity contribution in [2.24, 2.45) is 0 Å². The largest absolute Gasteiger partial charge is 0.449 e. The lowest BCUT2D eigenvalue weighted by Crippen LogP contribution is -2.36. The quantitative estimate of drug-likeness (QED) is 0.640. The molecule has 31 heavy (non-hydrogen) atoms. The molecule has 2 heterocycles. The molecule has 6 nitrogen and oxygen atoms in total. The van der Waals surface area contributed by atoms with E-state index in [1.807, 2.05) is 36.4 Å². The van der Waals surface area contributed by atoms with Crippen LogP contribution in [-0.4, -0.2) is 30.1 Å². The van der Waals surface area contributed by atoms with E-state index in [1.165, 1.54) is 11.3 Å². The molecule has 0 bridgehead atoms. The Morgan fingerprint density at radius 2 is 1.81 bits per heavy atom. The predicted octanol–water partition coefficient (Wildman–Crippen LogP) is 4.61. The molecule has 0 atom stereocenters. The average molecular weight is 432 g/mol. The third kappa shape index (κ3) is 4.76. The van der Waals surface area contributed by atoms with Gasteiger partial charge in [0.05, 0.1) is 18.7 Å². The van der Waals surface area contributed by atoms with E-state index >= 15 is 0 Å². The van der Waals surface area contributed by atoms with Crippen LogP contribution in [0.2, 0.25) is 0 Å². The minimum absolute atomic E-state index is 0.257. The summed E-state index contributed by atoms with van der Waals surface area (Å²) in [7, 11) is 0. The van der Waals surface area contributed by atoms with Gasteiger partial charge in [0.2, 0.25) is 0 Å². The molecular weight excluding hydrogens is 410 g/mol. The van der Waals surface area contributed by atoms with Crippen molar-refractivity contribution < 1.29 is 14.3 Å². The Morgan fingerprint density at radius 1 is 1.10 bits per heavy atom. The summed E-state index contributed by atoms with van der Waals surface area (Å²) in [4.78, 5) is 27.6. The standard InChI is InChI=1S/C24H21N3O3S/c25-15-20-19-11-13-27(24(29)30-14-12-17-7-3-1-4-8-17)16-21(19)31-23(20)26-22(28)18-9-5-2-6-10-18/h1-10H,11-14,16H2,(H,26,28). The van der Waals surface area contributed by atoms with Crippen LogP contribution in [0, 0.1) is 11.3 Å². The second kappa shape index (κ2) is 9.45. The number of benzene rings is 2. The van der Waals surface area contributed by atoms with Crippen LogP contribution in [0.4, 0.5) is 9.80 Å². The number of nitrogens with zero attached hydrogens (tertiary/aromatic N) is 2. The van der Waals surface area contributed by atoms with Crippen LogP contribution in [0.5, 0.6) is 0 Å². The van der Waals surface area contributed by atoms with Gasteiger partial charge in [0.15, 0.2) is 0 Å². The minimum Gasteiger partial charge on any atom is -0.449 e. The maximum absolute atomic E-state index is 12.5. The molecule has 1 aliphatic heterocycles. The molecule has 0 spiro atoms. The van der Waals surface area contributed by atoms with E-state index < -0.39 is 0 Å². The number of anilines is 1. The average Bonchev–Trinajstić information content (AvgIpc) is 3.16. The Morgan fingerprint density at radius 3 is 2.52 bits per heavy atom. The normalized spacial score (nSPS) is 12.5. The van der Waals surface area contributed by atoms with Crippen molar-refractivity contribution in [3.8, 4) is 6.07 Å². The van der Waals surface area contributed by atoms with Crippen molar-refractivity contribution in [1.82, 2.24) is 4.90 Å². The molecule has 1 aliphatic rings. The molecule has 0 saturated heterocycles. The van der Waals surface area contributed by atoms with Crippen LogP contribution in [0.15, 0.2) is 60.7 Å². The molecule has 4 rings (SSSR count). The number of ether oxygens (including phenoxy) is 1. The summed E-state index contributed by atoms with van der Waals surface area (Å²) < 4.78 is 5.44. The van der Waals surface area contributed by atoms with E-state index in [2.05, 4.69) is 11.4 Å². The second-order valence-corrected chi connectivity index (χ2v) is 8.27. The molecule has 2 aromatic carbocycles. The van der Waals surface area contributed by atoms with Crippen molar-refractivity contribution in [3.05, 3.63) is 87.8 Å². The number of hydrogen-bond acceptors (Lipinski definition) is 5. The van der Waals surface area contributed by atoms with Gasteiger partial charge in [0.25, 0.3) is 5.91 Å². The second-order valence-electron chi connectivity index (χ2n) is 7.16. The van der Waals surface area contributed by atoms with Gasteiger partial charge in [-0.25, -0.2) is 4.79 Å². The monoisotopic (exact) mass is 431 g/mol. The fourth-order valence-corrected chi connectivity index (χ4v) is 4.73. The highest BCUT2D eigenvalue weighted by molar-refractivity contribution is 7.16.